The van der Waals surface area contributed by atoms with E-state index in [1.165, 1.54) is 12.1 Å². The van der Waals surface area contributed by atoms with Gasteiger partial charge in [0.15, 0.2) is 0 Å². The highest BCUT2D eigenvalue weighted by molar-refractivity contribution is 5.36. The van der Waals surface area contributed by atoms with E-state index in [-0.39, 0.29) is 11.7 Å². The fraction of sp³-hybridized carbons (Fsp3) is 0.250. The fourth-order valence-corrected chi connectivity index (χ4v) is 1.57. The van der Waals surface area contributed by atoms with E-state index in [2.05, 4.69) is 11.9 Å². The lowest BCUT2D eigenvalue weighted by molar-refractivity contribution is 0.255. The molecule has 0 spiro atoms. The molecule has 16 heavy (non-hydrogen) atoms. The van der Waals surface area contributed by atoms with Gasteiger partial charge >= 0.3 is 0 Å². The van der Waals surface area contributed by atoms with E-state index in [0.29, 0.717) is 12.3 Å². The van der Waals surface area contributed by atoms with E-state index in [9.17, 15) is 4.39 Å². The molecule has 3 nitrogen and oxygen atoms in total. The van der Waals surface area contributed by atoms with Gasteiger partial charge < -0.3 is 10.1 Å². The van der Waals surface area contributed by atoms with E-state index in [1.54, 1.807) is 12.1 Å². The second kappa shape index (κ2) is 4.33. The van der Waals surface area contributed by atoms with Gasteiger partial charge in [-0.15, -0.1) is 0 Å². The van der Waals surface area contributed by atoms with Gasteiger partial charge in [0.05, 0.1) is 5.56 Å². The van der Waals surface area contributed by atoms with Gasteiger partial charge in [0.25, 0.3) is 0 Å². The number of nitrogens with one attached hydrogen (secondary N) is 1. The van der Waals surface area contributed by atoms with Crippen LogP contribution in [0.1, 0.15) is 5.56 Å². The normalized spacial score (nSPS) is 19.5. The third kappa shape index (κ3) is 2.05. The summed E-state index contributed by atoms with van der Waals surface area (Å²) < 4.78 is 18.8. The van der Waals surface area contributed by atoms with Gasteiger partial charge in [-0.25, -0.2) is 4.39 Å². The smallest absolute Gasteiger partial charge is 0.144 e. The summed E-state index contributed by atoms with van der Waals surface area (Å²) in [7, 11) is 0. The molecule has 4 heteroatoms. The molecule has 82 valence electrons. The molecule has 0 radical (unpaired) electrons. The molecule has 0 saturated carbocycles. The molecule has 2 rings (SSSR count). The van der Waals surface area contributed by atoms with Gasteiger partial charge in [0, 0.05) is 19.2 Å². The molecule has 1 atom stereocenters. The number of hydrogen-bond acceptors (Lipinski definition) is 3. The average Bonchev–Trinajstić information content (AvgIpc) is 2.65. The predicted octanol–water partition coefficient (Wildman–Crippen LogP) is 1.60. The van der Waals surface area contributed by atoms with Crippen LogP contribution in [-0.2, 0) is 0 Å². The summed E-state index contributed by atoms with van der Waals surface area (Å²) in [4.78, 5) is 0. The lowest BCUT2D eigenvalue weighted by Gasteiger charge is -2.13. The first-order valence-corrected chi connectivity index (χ1v) is 4.95. The molecule has 0 aromatic heterocycles. The summed E-state index contributed by atoms with van der Waals surface area (Å²) in [5.74, 6) is -0.136. The van der Waals surface area contributed by atoms with Gasteiger partial charge in [0.2, 0.25) is 0 Å². The van der Waals surface area contributed by atoms with Crippen LogP contribution < -0.4 is 10.1 Å². The highest BCUT2D eigenvalue weighted by Gasteiger charge is 2.20. The quantitative estimate of drug-likeness (QED) is 0.767. The SMILES string of the molecule is C=C1CNC[C@@H]1Oc1ccc(C#N)c(F)c1. The van der Waals surface area contributed by atoms with E-state index < -0.39 is 5.82 Å². The molecule has 1 aliphatic rings. The third-order valence-electron chi connectivity index (χ3n) is 2.48. The number of nitriles is 1. The molecule has 0 aliphatic carbocycles. The Bertz CT molecular complexity index is 465. The summed E-state index contributed by atoms with van der Waals surface area (Å²) in [5.41, 5.74) is 0.973. The Kier molecular flexibility index (Phi) is 2.88. The lowest BCUT2D eigenvalue weighted by Crippen LogP contribution is -2.20. The number of rotatable bonds is 2. The Balaban J connectivity index is 2.14. The van der Waals surface area contributed by atoms with E-state index in [0.717, 1.165) is 12.1 Å². The third-order valence-corrected chi connectivity index (χ3v) is 2.48. The standard InChI is InChI=1S/C12H11FN2O/c1-8-6-15-7-12(8)16-10-3-2-9(5-14)11(13)4-10/h2-4,12,15H,1,6-7H2/t12-/m0/s1. The number of hydrogen-bond donors (Lipinski definition) is 1. The van der Waals surface area contributed by atoms with Crippen molar-refractivity contribution >= 4 is 0 Å². The van der Waals surface area contributed by atoms with Crippen molar-refractivity contribution in [1.82, 2.24) is 5.32 Å². The molecular formula is C12H11FN2O. The maximum atomic E-state index is 13.3. The Labute approximate surface area is 93.1 Å². The minimum atomic E-state index is -0.559. The minimum absolute atomic E-state index is 0.0238. The summed E-state index contributed by atoms with van der Waals surface area (Å²) in [5, 5.41) is 11.7. The Morgan fingerprint density at radius 2 is 2.38 bits per heavy atom. The van der Waals surface area contributed by atoms with Crippen molar-refractivity contribution < 1.29 is 9.13 Å². The van der Waals surface area contributed by atoms with Crippen LogP contribution in [0.15, 0.2) is 30.4 Å². The van der Waals surface area contributed by atoms with Gasteiger partial charge in [-0.1, -0.05) is 6.58 Å². The maximum Gasteiger partial charge on any atom is 0.144 e. The maximum absolute atomic E-state index is 13.3. The van der Waals surface area contributed by atoms with Crippen molar-refractivity contribution in [2.75, 3.05) is 13.1 Å². The van der Waals surface area contributed by atoms with Gasteiger partial charge in [-0.2, -0.15) is 5.26 Å². The number of ether oxygens (including phenoxy) is 1. The van der Waals surface area contributed by atoms with Crippen LogP contribution in [0.25, 0.3) is 0 Å². The van der Waals surface area contributed by atoms with Crippen LogP contribution in [0.2, 0.25) is 0 Å². The second-order valence-corrected chi connectivity index (χ2v) is 3.65. The van der Waals surface area contributed by atoms with E-state index >= 15 is 0 Å². The van der Waals surface area contributed by atoms with E-state index in [1.807, 2.05) is 0 Å². The van der Waals surface area contributed by atoms with Crippen molar-refractivity contribution in [3.8, 4) is 11.8 Å². The van der Waals surface area contributed by atoms with Crippen molar-refractivity contribution in [1.29, 1.82) is 5.26 Å². The number of halogens is 1. The van der Waals surface area contributed by atoms with Crippen LogP contribution in [0.3, 0.4) is 0 Å². The Morgan fingerprint density at radius 3 is 2.94 bits per heavy atom. The summed E-state index contributed by atoms with van der Waals surface area (Å²) in [6, 6.07) is 5.99. The first kappa shape index (κ1) is 10.7. The zero-order valence-corrected chi connectivity index (χ0v) is 8.66. The fourth-order valence-electron chi connectivity index (χ4n) is 1.57. The van der Waals surface area contributed by atoms with Crippen LogP contribution in [0.5, 0.6) is 5.75 Å². The largest absolute Gasteiger partial charge is 0.485 e. The molecule has 1 N–H and O–H groups in total. The lowest BCUT2D eigenvalue weighted by atomic mass is 10.2. The van der Waals surface area contributed by atoms with Crippen molar-refractivity contribution in [3.05, 3.63) is 41.7 Å². The molecule has 0 amide bonds. The van der Waals surface area contributed by atoms with Gasteiger partial charge in [-0.05, 0) is 17.7 Å². The first-order chi connectivity index (χ1) is 7.70. The number of benzene rings is 1. The molecule has 1 saturated heterocycles. The Hall–Kier alpha value is -1.86. The monoisotopic (exact) mass is 218 g/mol. The molecular weight excluding hydrogens is 207 g/mol. The van der Waals surface area contributed by atoms with E-state index in [4.69, 9.17) is 10.00 Å². The molecule has 1 aromatic rings. The average molecular weight is 218 g/mol. The summed E-state index contributed by atoms with van der Waals surface area (Å²) in [6.45, 7) is 5.26. The predicted molar refractivity (Wildman–Crippen MR) is 57.5 cm³/mol. The van der Waals surface area contributed by atoms with Crippen LogP contribution >= 0.6 is 0 Å². The highest BCUT2D eigenvalue weighted by Crippen LogP contribution is 2.20. The van der Waals surface area contributed by atoms with Gasteiger partial charge in [-0.3, -0.25) is 0 Å². The highest BCUT2D eigenvalue weighted by atomic mass is 19.1. The molecule has 0 unspecified atom stereocenters. The zero-order valence-electron chi connectivity index (χ0n) is 8.66. The molecule has 1 fully saturated rings. The molecule has 0 bridgehead atoms. The molecule has 1 aromatic carbocycles. The van der Waals surface area contributed by atoms with Crippen molar-refractivity contribution in [3.63, 3.8) is 0 Å². The van der Waals surface area contributed by atoms with Crippen molar-refractivity contribution in [2.24, 2.45) is 0 Å². The second-order valence-electron chi connectivity index (χ2n) is 3.65. The zero-order chi connectivity index (χ0) is 11.5. The number of nitrogens with zero attached hydrogens (tertiary/aromatic N) is 1. The first-order valence-electron chi connectivity index (χ1n) is 4.95. The topological polar surface area (TPSA) is 45.0 Å². The van der Waals surface area contributed by atoms with Crippen molar-refractivity contribution in [2.45, 2.75) is 6.10 Å². The summed E-state index contributed by atoms with van der Waals surface area (Å²) >= 11 is 0. The molecule has 1 heterocycles. The van der Waals surface area contributed by atoms with Crippen LogP contribution in [0.4, 0.5) is 4.39 Å². The van der Waals surface area contributed by atoms with Crippen LogP contribution in [0, 0.1) is 17.1 Å². The Morgan fingerprint density at radius 1 is 1.56 bits per heavy atom. The van der Waals surface area contributed by atoms with Gasteiger partial charge in [0.1, 0.15) is 23.7 Å². The summed E-state index contributed by atoms with van der Waals surface area (Å²) in [6.07, 6.45) is -0.118. The molecule has 1 aliphatic heterocycles. The van der Waals surface area contributed by atoms with Crippen LogP contribution in [-0.4, -0.2) is 19.2 Å². The minimum Gasteiger partial charge on any atom is -0.485 e.